The normalized spacial score (nSPS) is 14.1. The lowest BCUT2D eigenvalue weighted by atomic mass is 10.1. The molecule has 0 atom stereocenters. The molecule has 148 valence electrons. The molecule has 0 radical (unpaired) electrons. The highest BCUT2D eigenvalue weighted by Crippen LogP contribution is 2.13. The van der Waals surface area contributed by atoms with Crippen molar-refractivity contribution < 1.29 is 18.7 Å². The second-order valence-electron chi connectivity index (χ2n) is 6.94. The Morgan fingerprint density at radius 1 is 0.929 bits per heavy atom. The summed E-state index contributed by atoms with van der Waals surface area (Å²) in [6, 6.07) is 13.4. The number of carbonyl (C=O) groups is 2. The van der Waals surface area contributed by atoms with Gasteiger partial charge in [0.2, 0.25) is 5.91 Å². The van der Waals surface area contributed by atoms with Gasteiger partial charge in [0.15, 0.2) is 0 Å². The quantitative estimate of drug-likeness (QED) is 0.718. The largest absolute Gasteiger partial charge is 0.494 e. The molecule has 3 rings (SSSR count). The van der Waals surface area contributed by atoms with Gasteiger partial charge in [-0.2, -0.15) is 0 Å². The number of halogens is 1. The van der Waals surface area contributed by atoms with E-state index in [2.05, 4.69) is 0 Å². The summed E-state index contributed by atoms with van der Waals surface area (Å²) < 4.78 is 18.6. The van der Waals surface area contributed by atoms with Crippen LogP contribution in [0.5, 0.6) is 5.75 Å². The molecule has 0 aromatic heterocycles. The summed E-state index contributed by atoms with van der Waals surface area (Å²) in [5.41, 5.74) is 1.65. The lowest BCUT2D eigenvalue weighted by Crippen LogP contribution is -2.50. The van der Waals surface area contributed by atoms with Crippen molar-refractivity contribution in [3.05, 3.63) is 65.5 Å². The van der Waals surface area contributed by atoms with Gasteiger partial charge in [-0.1, -0.05) is 17.7 Å². The van der Waals surface area contributed by atoms with Gasteiger partial charge in [-0.3, -0.25) is 9.59 Å². The molecule has 0 N–H and O–H groups in total. The number of piperazine rings is 1. The van der Waals surface area contributed by atoms with E-state index in [1.165, 1.54) is 29.8 Å². The van der Waals surface area contributed by atoms with Crippen LogP contribution in [-0.4, -0.2) is 54.4 Å². The molecule has 0 spiro atoms. The van der Waals surface area contributed by atoms with E-state index < -0.39 is 0 Å². The van der Waals surface area contributed by atoms with Crippen LogP contribution in [0.15, 0.2) is 48.5 Å². The highest BCUT2D eigenvalue weighted by molar-refractivity contribution is 5.94. The molecule has 1 aliphatic rings. The molecule has 1 fully saturated rings. The topological polar surface area (TPSA) is 49.9 Å². The standard InChI is InChI=1S/C22H25FN2O3/c1-17-4-10-20(11-5-17)28-16-2-3-21(26)24-12-14-25(15-13-24)22(27)18-6-8-19(23)9-7-18/h4-11H,2-3,12-16H2,1H3. The van der Waals surface area contributed by atoms with Crippen LogP contribution in [-0.2, 0) is 4.79 Å². The van der Waals surface area contributed by atoms with Crippen LogP contribution in [0.1, 0.15) is 28.8 Å². The molecule has 1 heterocycles. The van der Waals surface area contributed by atoms with Crippen LogP contribution in [0.25, 0.3) is 0 Å². The zero-order valence-electron chi connectivity index (χ0n) is 16.1. The summed E-state index contributed by atoms with van der Waals surface area (Å²) in [6.07, 6.45) is 1.08. The highest BCUT2D eigenvalue weighted by atomic mass is 19.1. The van der Waals surface area contributed by atoms with Crippen molar-refractivity contribution in [2.45, 2.75) is 19.8 Å². The molecule has 2 amide bonds. The first-order valence-corrected chi connectivity index (χ1v) is 9.55. The van der Waals surface area contributed by atoms with Crippen molar-refractivity contribution in [3.63, 3.8) is 0 Å². The second-order valence-corrected chi connectivity index (χ2v) is 6.94. The monoisotopic (exact) mass is 384 g/mol. The first-order chi connectivity index (χ1) is 13.5. The van der Waals surface area contributed by atoms with E-state index in [9.17, 15) is 14.0 Å². The Bertz CT molecular complexity index is 798. The van der Waals surface area contributed by atoms with E-state index in [-0.39, 0.29) is 17.6 Å². The number of ether oxygens (including phenoxy) is 1. The number of aryl methyl sites for hydroxylation is 1. The fourth-order valence-corrected chi connectivity index (χ4v) is 3.14. The van der Waals surface area contributed by atoms with Crippen LogP contribution in [0.4, 0.5) is 4.39 Å². The minimum absolute atomic E-state index is 0.0846. The minimum atomic E-state index is -0.363. The third-order valence-electron chi connectivity index (χ3n) is 4.84. The molecule has 0 saturated carbocycles. The predicted molar refractivity (Wildman–Crippen MR) is 105 cm³/mol. The van der Waals surface area contributed by atoms with E-state index in [0.29, 0.717) is 51.2 Å². The molecular formula is C22H25FN2O3. The van der Waals surface area contributed by atoms with E-state index in [0.717, 1.165) is 5.75 Å². The summed E-state index contributed by atoms with van der Waals surface area (Å²) >= 11 is 0. The van der Waals surface area contributed by atoms with Gasteiger partial charge in [0.05, 0.1) is 6.61 Å². The van der Waals surface area contributed by atoms with Crippen molar-refractivity contribution in [3.8, 4) is 5.75 Å². The van der Waals surface area contributed by atoms with Gasteiger partial charge in [0.25, 0.3) is 5.91 Å². The van der Waals surface area contributed by atoms with Crippen LogP contribution in [0.2, 0.25) is 0 Å². The van der Waals surface area contributed by atoms with Crippen molar-refractivity contribution >= 4 is 11.8 Å². The lowest BCUT2D eigenvalue weighted by molar-refractivity contribution is -0.132. The third kappa shape index (κ3) is 5.31. The Balaban J connectivity index is 1.38. The second kappa shape index (κ2) is 9.35. The molecule has 1 aliphatic heterocycles. The number of nitrogens with zero attached hydrogens (tertiary/aromatic N) is 2. The molecule has 6 heteroatoms. The smallest absolute Gasteiger partial charge is 0.253 e. The van der Waals surface area contributed by atoms with Crippen LogP contribution in [0, 0.1) is 12.7 Å². The SMILES string of the molecule is Cc1ccc(OCCCC(=O)N2CCN(C(=O)c3ccc(F)cc3)CC2)cc1. The maximum absolute atomic E-state index is 13.0. The average molecular weight is 384 g/mol. The summed E-state index contributed by atoms with van der Waals surface area (Å²) in [5.74, 6) is 0.407. The molecule has 2 aromatic rings. The number of rotatable bonds is 6. The van der Waals surface area contributed by atoms with E-state index in [1.54, 1.807) is 9.80 Å². The summed E-state index contributed by atoms with van der Waals surface area (Å²) in [5, 5.41) is 0. The predicted octanol–water partition coefficient (Wildman–Crippen LogP) is 3.28. The van der Waals surface area contributed by atoms with Crippen molar-refractivity contribution in [1.29, 1.82) is 0 Å². The molecule has 0 unspecified atom stereocenters. The fraction of sp³-hybridized carbons (Fsp3) is 0.364. The first-order valence-electron chi connectivity index (χ1n) is 9.55. The zero-order valence-corrected chi connectivity index (χ0v) is 16.1. The zero-order chi connectivity index (χ0) is 19.9. The van der Waals surface area contributed by atoms with Crippen molar-refractivity contribution in [2.24, 2.45) is 0 Å². The van der Waals surface area contributed by atoms with Crippen molar-refractivity contribution in [2.75, 3.05) is 32.8 Å². The lowest BCUT2D eigenvalue weighted by Gasteiger charge is -2.35. The van der Waals surface area contributed by atoms with Crippen LogP contribution in [0.3, 0.4) is 0 Å². The Morgan fingerprint density at radius 3 is 2.18 bits per heavy atom. The van der Waals surface area contributed by atoms with Gasteiger partial charge in [-0.15, -0.1) is 0 Å². The summed E-state index contributed by atoms with van der Waals surface area (Å²) in [4.78, 5) is 28.3. The summed E-state index contributed by atoms with van der Waals surface area (Å²) in [6.45, 7) is 4.53. The van der Waals surface area contributed by atoms with E-state index >= 15 is 0 Å². The van der Waals surface area contributed by atoms with Crippen LogP contribution >= 0.6 is 0 Å². The molecule has 5 nitrogen and oxygen atoms in total. The van der Waals surface area contributed by atoms with E-state index in [4.69, 9.17) is 4.74 Å². The first kappa shape index (κ1) is 19.9. The fourth-order valence-electron chi connectivity index (χ4n) is 3.14. The number of hydrogen-bond donors (Lipinski definition) is 0. The molecule has 0 aliphatic carbocycles. The van der Waals surface area contributed by atoms with Crippen molar-refractivity contribution in [1.82, 2.24) is 9.80 Å². The number of hydrogen-bond acceptors (Lipinski definition) is 3. The number of carbonyl (C=O) groups excluding carboxylic acids is 2. The minimum Gasteiger partial charge on any atom is -0.494 e. The van der Waals surface area contributed by atoms with Gasteiger partial charge in [-0.05, 0) is 49.7 Å². The van der Waals surface area contributed by atoms with Gasteiger partial charge < -0.3 is 14.5 Å². The van der Waals surface area contributed by atoms with Gasteiger partial charge in [0.1, 0.15) is 11.6 Å². The Hall–Kier alpha value is -2.89. The third-order valence-corrected chi connectivity index (χ3v) is 4.84. The molecule has 2 aromatic carbocycles. The Morgan fingerprint density at radius 2 is 1.54 bits per heavy atom. The Labute approximate surface area is 164 Å². The van der Waals surface area contributed by atoms with Crippen LogP contribution < -0.4 is 4.74 Å². The highest BCUT2D eigenvalue weighted by Gasteiger charge is 2.24. The van der Waals surface area contributed by atoms with Gasteiger partial charge >= 0.3 is 0 Å². The molecular weight excluding hydrogens is 359 g/mol. The summed E-state index contributed by atoms with van der Waals surface area (Å²) in [7, 11) is 0. The maximum atomic E-state index is 13.0. The number of amides is 2. The Kier molecular flexibility index (Phi) is 6.63. The molecule has 0 bridgehead atoms. The van der Waals surface area contributed by atoms with Gasteiger partial charge in [-0.25, -0.2) is 4.39 Å². The number of benzene rings is 2. The van der Waals surface area contributed by atoms with Gasteiger partial charge in [0, 0.05) is 38.2 Å². The van der Waals surface area contributed by atoms with E-state index in [1.807, 2.05) is 31.2 Å². The molecule has 1 saturated heterocycles. The maximum Gasteiger partial charge on any atom is 0.253 e. The average Bonchev–Trinajstić information content (AvgIpc) is 2.72. The molecule has 28 heavy (non-hydrogen) atoms.